The molecular formula is C16H23F3N4O. The third kappa shape index (κ3) is 5.36. The molecule has 0 spiro atoms. The van der Waals surface area contributed by atoms with E-state index in [1.54, 1.807) is 0 Å². The summed E-state index contributed by atoms with van der Waals surface area (Å²) in [5, 5.41) is 2.88. The van der Waals surface area contributed by atoms with Gasteiger partial charge in [-0.3, -0.25) is 9.69 Å². The smallest absolute Gasteiger partial charge is 0.355 e. The summed E-state index contributed by atoms with van der Waals surface area (Å²) in [6.07, 6.45) is -3.51. The molecule has 0 unspecified atom stereocenters. The Kier molecular flexibility index (Phi) is 6.04. The fourth-order valence-corrected chi connectivity index (χ4v) is 2.45. The van der Waals surface area contributed by atoms with E-state index in [9.17, 15) is 18.0 Å². The van der Waals surface area contributed by atoms with E-state index >= 15 is 0 Å². The third-order valence-corrected chi connectivity index (χ3v) is 3.85. The molecular weight excluding hydrogens is 321 g/mol. The number of piperazine rings is 1. The van der Waals surface area contributed by atoms with Gasteiger partial charge in [0.2, 0.25) is 5.91 Å². The van der Waals surface area contributed by atoms with E-state index in [0.29, 0.717) is 51.0 Å². The number of anilines is 1. The molecule has 8 heteroatoms. The molecule has 0 saturated carbocycles. The molecule has 2 rings (SSSR count). The number of carbonyl (C=O) groups excluding carboxylic acids is 1. The predicted octanol–water partition coefficient (Wildman–Crippen LogP) is 1.99. The number of nitrogens with one attached hydrogen (secondary N) is 1. The van der Waals surface area contributed by atoms with E-state index in [-0.39, 0.29) is 5.91 Å². The van der Waals surface area contributed by atoms with Crippen molar-refractivity contribution in [2.24, 2.45) is 5.92 Å². The quantitative estimate of drug-likeness (QED) is 0.888. The van der Waals surface area contributed by atoms with Crippen LogP contribution in [0.2, 0.25) is 0 Å². The molecule has 0 bridgehead atoms. The Labute approximate surface area is 139 Å². The molecule has 134 valence electrons. The minimum absolute atomic E-state index is 0.00445. The van der Waals surface area contributed by atoms with Crippen molar-refractivity contribution in [1.29, 1.82) is 0 Å². The van der Waals surface area contributed by atoms with Crippen molar-refractivity contribution in [1.82, 2.24) is 15.2 Å². The van der Waals surface area contributed by atoms with Gasteiger partial charge < -0.3 is 10.2 Å². The molecule has 24 heavy (non-hydrogen) atoms. The van der Waals surface area contributed by atoms with Gasteiger partial charge in [0, 0.05) is 38.9 Å². The maximum absolute atomic E-state index is 12.5. The van der Waals surface area contributed by atoms with Crippen LogP contribution in [0.1, 0.15) is 19.4 Å². The lowest BCUT2D eigenvalue weighted by Crippen LogP contribution is -2.50. The first-order valence-corrected chi connectivity index (χ1v) is 8.03. The van der Waals surface area contributed by atoms with Gasteiger partial charge in [-0.2, -0.15) is 13.2 Å². The van der Waals surface area contributed by atoms with E-state index < -0.39 is 11.7 Å². The fourth-order valence-electron chi connectivity index (χ4n) is 2.45. The maximum Gasteiger partial charge on any atom is 0.417 e. The first kappa shape index (κ1) is 18.5. The Morgan fingerprint density at radius 3 is 2.42 bits per heavy atom. The number of aromatic nitrogens is 1. The van der Waals surface area contributed by atoms with E-state index in [0.717, 1.165) is 12.3 Å². The highest BCUT2D eigenvalue weighted by Crippen LogP contribution is 2.29. The Balaban J connectivity index is 1.81. The molecule has 0 radical (unpaired) electrons. The lowest BCUT2D eigenvalue weighted by atomic mass is 10.2. The fraction of sp³-hybridized carbons (Fsp3) is 0.625. The molecule has 2 heterocycles. The molecule has 1 amide bonds. The highest BCUT2D eigenvalue weighted by Gasteiger charge is 2.31. The molecule has 0 atom stereocenters. The van der Waals surface area contributed by atoms with Crippen molar-refractivity contribution in [2.45, 2.75) is 20.0 Å². The highest BCUT2D eigenvalue weighted by molar-refractivity contribution is 5.78. The van der Waals surface area contributed by atoms with Crippen molar-refractivity contribution in [2.75, 3.05) is 44.2 Å². The number of alkyl halides is 3. The van der Waals surface area contributed by atoms with Crippen LogP contribution in [0.3, 0.4) is 0 Å². The van der Waals surface area contributed by atoms with E-state index in [1.807, 2.05) is 23.6 Å². The summed E-state index contributed by atoms with van der Waals surface area (Å²) < 4.78 is 37.6. The van der Waals surface area contributed by atoms with Gasteiger partial charge in [-0.15, -0.1) is 0 Å². The van der Waals surface area contributed by atoms with Crippen LogP contribution >= 0.6 is 0 Å². The number of hydrogen-bond acceptors (Lipinski definition) is 4. The summed E-state index contributed by atoms with van der Waals surface area (Å²) in [5.74, 6) is 0.952. The van der Waals surface area contributed by atoms with Crippen LogP contribution in [0.25, 0.3) is 0 Å². The third-order valence-electron chi connectivity index (χ3n) is 3.85. The Morgan fingerprint density at radius 1 is 1.25 bits per heavy atom. The van der Waals surface area contributed by atoms with Gasteiger partial charge in [-0.1, -0.05) is 13.8 Å². The Bertz CT molecular complexity index is 537. The Hall–Kier alpha value is -1.83. The minimum Gasteiger partial charge on any atom is -0.355 e. The topological polar surface area (TPSA) is 48.5 Å². The summed E-state index contributed by atoms with van der Waals surface area (Å²) in [7, 11) is 0. The second-order valence-electron chi connectivity index (χ2n) is 6.36. The van der Waals surface area contributed by atoms with Crippen molar-refractivity contribution < 1.29 is 18.0 Å². The average molecular weight is 344 g/mol. The number of hydrogen-bond donors (Lipinski definition) is 1. The number of nitrogens with zero attached hydrogens (tertiary/aromatic N) is 3. The second-order valence-corrected chi connectivity index (χ2v) is 6.36. The average Bonchev–Trinajstić information content (AvgIpc) is 2.53. The van der Waals surface area contributed by atoms with Crippen LogP contribution in [0.15, 0.2) is 18.3 Å². The SMILES string of the molecule is CC(C)CNC(=O)CN1CCN(c2ccc(C(F)(F)F)cn2)CC1. The van der Waals surface area contributed by atoms with Gasteiger partial charge in [-0.05, 0) is 18.1 Å². The van der Waals surface area contributed by atoms with Gasteiger partial charge >= 0.3 is 6.18 Å². The summed E-state index contributed by atoms with van der Waals surface area (Å²) in [6.45, 7) is 7.71. The Morgan fingerprint density at radius 2 is 1.92 bits per heavy atom. The number of pyridine rings is 1. The predicted molar refractivity (Wildman–Crippen MR) is 85.7 cm³/mol. The lowest BCUT2D eigenvalue weighted by molar-refractivity contribution is -0.137. The standard InChI is InChI=1S/C16H23F3N4O/c1-12(2)9-21-15(24)11-22-5-7-23(8-6-22)14-4-3-13(10-20-14)16(17,18)19/h3-4,10,12H,5-9,11H2,1-2H3,(H,21,24). The lowest BCUT2D eigenvalue weighted by Gasteiger charge is -2.35. The van der Waals surface area contributed by atoms with Crippen molar-refractivity contribution in [3.05, 3.63) is 23.9 Å². The van der Waals surface area contributed by atoms with Crippen molar-refractivity contribution >= 4 is 11.7 Å². The second kappa shape index (κ2) is 7.83. The van der Waals surface area contributed by atoms with Crippen LogP contribution in [-0.2, 0) is 11.0 Å². The number of rotatable bonds is 5. The molecule has 1 aromatic heterocycles. The van der Waals surface area contributed by atoms with Crippen LogP contribution in [-0.4, -0.2) is 55.1 Å². The molecule has 1 aliphatic heterocycles. The van der Waals surface area contributed by atoms with E-state index in [4.69, 9.17) is 0 Å². The molecule has 1 fully saturated rings. The largest absolute Gasteiger partial charge is 0.417 e. The first-order valence-electron chi connectivity index (χ1n) is 8.03. The van der Waals surface area contributed by atoms with Crippen LogP contribution < -0.4 is 10.2 Å². The maximum atomic E-state index is 12.5. The zero-order valence-electron chi connectivity index (χ0n) is 13.9. The number of halogens is 3. The van der Waals surface area contributed by atoms with Gasteiger partial charge in [0.05, 0.1) is 12.1 Å². The highest BCUT2D eigenvalue weighted by atomic mass is 19.4. The van der Waals surface area contributed by atoms with Crippen molar-refractivity contribution in [3.8, 4) is 0 Å². The summed E-state index contributed by atoms with van der Waals surface area (Å²) >= 11 is 0. The van der Waals surface area contributed by atoms with Crippen LogP contribution in [0.5, 0.6) is 0 Å². The van der Waals surface area contributed by atoms with E-state index in [2.05, 4.69) is 10.3 Å². The monoisotopic (exact) mass is 344 g/mol. The zero-order chi connectivity index (χ0) is 17.7. The molecule has 1 saturated heterocycles. The summed E-state index contributed by atoms with van der Waals surface area (Å²) in [5.41, 5.74) is -0.744. The van der Waals surface area contributed by atoms with Crippen molar-refractivity contribution in [3.63, 3.8) is 0 Å². The summed E-state index contributed by atoms with van der Waals surface area (Å²) in [6, 6.07) is 2.45. The van der Waals surface area contributed by atoms with Crippen LogP contribution in [0, 0.1) is 5.92 Å². The van der Waals surface area contributed by atoms with Crippen LogP contribution in [0.4, 0.5) is 19.0 Å². The molecule has 1 N–H and O–H groups in total. The van der Waals surface area contributed by atoms with Gasteiger partial charge in [0.25, 0.3) is 0 Å². The first-order chi connectivity index (χ1) is 11.3. The molecule has 0 aromatic carbocycles. The zero-order valence-corrected chi connectivity index (χ0v) is 13.9. The van der Waals surface area contributed by atoms with Gasteiger partial charge in [0.1, 0.15) is 5.82 Å². The van der Waals surface area contributed by atoms with Gasteiger partial charge in [-0.25, -0.2) is 4.98 Å². The van der Waals surface area contributed by atoms with E-state index in [1.165, 1.54) is 6.07 Å². The molecule has 0 aliphatic carbocycles. The van der Waals surface area contributed by atoms with Gasteiger partial charge in [0.15, 0.2) is 0 Å². The molecule has 5 nitrogen and oxygen atoms in total. The number of amides is 1. The molecule has 1 aromatic rings. The summed E-state index contributed by atoms with van der Waals surface area (Å²) in [4.78, 5) is 19.7. The minimum atomic E-state index is -4.37. The number of carbonyl (C=O) groups is 1. The molecule has 1 aliphatic rings. The normalized spacial score (nSPS) is 16.5.